The first-order valence-corrected chi connectivity index (χ1v) is 42.1. The minimum absolute atomic E-state index is 0.0747. The van der Waals surface area contributed by atoms with Crippen molar-refractivity contribution in [3.05, 3.63) is 109 Å². The van der Waals surface area contributed by atoms with E-state index in [1.165, 1.54) is 77.0 Å². The first kappa shape index (κ1) is 95.7. The van der Waals surface area contributed by atoms with Gasteiger partial charge in [-0.1, -0.05) is 285 Å². The van der Waals surface area contributed by atoms with Crippen LogP contribution in [-0.4, -0.2) is 96.7 Å². The summed E-state index contributed by atoms with van der Waals surface area (Å²) in [6.45, 7) is 4.56. The number of allylic oxidation sites excluding steroid dienone is 18. The molecule has 0 spiro atoms. The molecule has 0 bridgehead atoms. The van der Waals surface area contributed by atoms with Crippen LogP contribution in [-0.2, 0) is 65.4 Å². The highest BCUT2D eigenvalue weighted by molar-refractivity contribution is 7.47. The topological polar surface area (TPSA) is 237 Å². The van der Waals surface area contributed by atoms with E-state index in [1.807, 2.05) is 0 Å². The third-order valence-corrected chi connectivity index (χ3v) is 18.1. The molecule has 17 nitrogen and oxygen atoms in total. The number of hydrogen-bond acceptors (Lipinski definition) is 15. The Balaban J connectivity index is 5.35. The smallest absolute Gasteiger partial charge is 0.462 e. The predicted molar refractivity (Wildman–Crippen MR) is 408 cm³/mol. The summed E-state index contributed by atoms with van der Waals surface area (Å²) in [6.07, 6.45) is 77.9. The summed E-state index contributed by atoms with van der Waals surface area (Å²) in [5.74, 6) is -2.23. The Kier molecular flexibility index (Phi) is 69.9. The minimum Gasteiger partial charge on any atom is -0.462 e. The van der Waals surface area contributed by atoms with Crippen LogP contribution in [0.25, 0.3) is 0 Å². The number of carbonyl (C=O) groups excluding carboxylic acids is 4. The van der Waals surface area contributed by atoms with Crippen LogP contribution in [0.1, 0.15) is 323 Å². The molecule has 0 aromatic rings. The number of rotatable bonds is 73. The van der Waals surface area contributed by atoms with Gasteiger partial charge in [0.2, 0.25) is 0 Å². The van der Waals surface area contributed by atoms with E-state index >= 15 is 0 Å². The number of carbonyl (C=O) groups is 4. The Bertz CT molecular complexity index is 2320. The van der Waals surface area contributed by atoms with Gasteiger partial charge in [-0.25, -0.2) is 9.13 Å². The van der Waals surface area contributed by atoms with Crippen LogP contribution in [0.3, 0.4) is 0 Å². The fourth-order valence-corrected chi connectivity index (χ4v) is 11.9. The molecule has 0 aromatic heterocycles. The Morgan fingerprint density at radius 2 is 0.530 bits per heavy atom. The van der Waals surface area contributed by atoms with Crippen molar-refractivity contribution in [2.75, 3.05) is 39.6 Å². The number of unbranched alkanes of at least 4 members (excludes halogenated alkanes) is 29. The largest absolute Gasteiger partial charge is 0.472 e. The van der Waals surface area contributed by atoms with Crippen molar-refractivity contribution in [3.63, 3.8) is 0 Å². The molecule has 0 saturated heterocycles. The maximum Gasteiger partial charge on any atom is 0.472 e. The quantitative estimate of drug-likeness (QED) is 0.0169. The zero-order chi connectivity index (χ0) is 73.2. The second-order valence-electron chi connectivity index (χ2n) is 25.9. The van der Waals surface area contributed by atoms with Crippen LogP contribution < -0.4 is 0 Å². The number of hydrogen-bond donors (Lipinski definition) is 3. The summed E-state index contributed by atoms with van der Waals surface area (Å²) < 4.78 is 68.5. The van der Waals surface area contributed by atoms with Crippen molar-refractivity contribution in [2.45, 2.75) is 341 Å². The fourth-order valence-electron chi connectivity index (χ4n) is 10.3. The van der Waals surface area contributed by atoms with Gasteiger partial charge in [-0.15, -0.1) is 0 Å². The number of phosphoric acid groups is 2. The van der Waals surface area contributed by atoms with E-state index in [0.717, 1.165) is 167 Å². The van der Waals surface area contributed by atoms with Gasteiger partial charge in [0.25, 0.3) is 0 Å². The van der Waals surface area contributed by atoms with Gasteiger partial charge < -0.3 is 33.8 Å². The minimum atomic E-state index is -4.98. The average Bonchev–Trinajstić information content (AvgIpc) is 0.985. The molecule has 0 aliphatic carbocycles. The molecule has 0 heterocycles. The molecule has 0 saturated carbocycles. The third kappa shape index (κ3) is 72.1. The Labute approximate surface area is 607 Å². The third-order valence-electron chi connectivity index (χ3n) is 16.2. The van der Waals surface area contributed by atoms with Crippen molar-refractivity contribution in [1.82, 2.24) is 0 Å². The fraction of sp³-hybridized carbons (Fsp3) is 0.728. The van der Waals surface area contributed by atoms with E-state index in [0.29, 0.717) is 25.7 Å². The van der Waals surface area contributed by atoms with Gasteiger partial charge in [0.1, 0.15) is 19.3 Å². The molecule has 576 valence electrons. The lowest BCUT2D eigenvalue weighted by Gasteiger charge is -2.21. The van der Waals surface area contributed by atoms with Gasteiger partial charge in [0.05, 0.1) is 26.4 Å². The van der Waals surface area contributed by atoms with Crippen LogP contribution >= 0.6 is 15.6 Å². The number of phosphoric ester groups is 2. The van der Waals surface area contributed by atoms with Crippen molar-refractivity contribution in [2.24, 2.45) is 0 Å². The zero-order valence-corrected chi connectivity index (χ0v) is 64.6. The van der Waals surface area contributed by atoms with E-state index < -0.39 is 97.5 Å². The van der Waals surface area contributed by atoms with Crippen molar-refractivity contribution in [1.29, 1.82) is 0 Å². The molecule has 100 heavy (non-hydrogen) atoms. The molecule has 0 aromatic carbocycles. The Morgan fingerprint density at radius 3 is 0.860 bits per heavy atom. The molecule has 0 amide bonds. The lowest BCUT2D eigenvalue weighted by molar-refractivity contribution is -0.161. The van der Waals surface area contributed by atoms with Crippen LogP contribution in [0, 0.1) is 0 Å². The maximum absolute atomic E-state index is 13.1. The molecule has 0 aliphatic heterocycles. The van der Waals surface area contributed by atoms with Crippen LogP contribution in [0.15, 0.2) is 109 Å². The van der Waals surface area contributed by atoms with Gasteiger partial charge >= 0.3 is 39.5 Å². The molecule has 0 rings (SSSR count). The van der Waals surface area contributed by atoms with Crippen molar-refractivity contribution < 1.29 is 80.2 Å². The highest BCUT2D eigenvalue weighted by atomic mass is 31.2. The summed E-state index contributed by atoms with van der Waals surface area (Å²) in [5, 5.41) is 10.6. The lowest BCUT2D eigenvalue weighted by atomic mass is 10.0. The van der Waals surface area contributed by atoms with Gasteiger partial charge in [0, 0.05) is 25.7 Å². The molecule has 0 fully saturated rings. The van der Waals surface area contributed by atoms with E-state index in [4.69, 9.17) is 37.0 Å². The molecule has 19 heteroatoms. The molecule has 0 radical (unpaired) electrons. The number of aliphatic hydroxyl groups is 1. The Morgan fingerprint density at radius 1 is 0.290 bits per heavy atom. The van der Waals surface area contributed by atoms with Crippen molar-refractivity contribution >= 4 is 39.5 Å². The standard InChI is InChI=1S/C81H140O17P2/c1-5-9-13-17-21-25-29-32-35-36-37-38-41-43-47-50-54-58-62-66-79(84)92-72-77(98-81(86)68-64-60-56-52-48-44-40-34-31-27-23-19-15-11-7-3)74-96-100(89,90)94-70-75(82)69-93-99(87,88)95-73-76(97-80(85)67-63-59-55-51-45-28-24-20-16-12-8-4)71-91-78(83)65-61-57-53-49-46-42-39-33-30-26-22-18-14-10-6-2/h9-10,13-14,20-22,24-26,32-33,35,37-39,46,49,75-77,82H,5-8,11-12,15-19,23,27-31,34,36,40-45,47-48,50-74H2,1-4H3,(H,87,88)(H,89,90)/b13-9-,14-10-,24-20-,25-21-,26-22-,35-32-,38-37-,39-33-,49-46-. The van der Waals surface area contributed by atoms with Gasteiger partial charge in [-0.3, -0.25) is 37.3 Å². The predicted octanol–water partition coefficient (Wildman–Crippen LogP) is 22.6. The summed E-state index contributed by atoms with van der Waals surface area (Å²) in [6, 6.07) is 0. The average molecular weight is 1450 g/mol. The van der Waals surface area contributed by atoms with Gasteiger partial charge in [0.15, 0.2) is 12.2 Å². The number of ether oxygens (including phenoxy) is 4. The molecular weight excluding hydrogens is 1310 g/mol. The van der Waals surface area contributed by atoms with Gasteiger partial charge in [-0.05, 0) is 122 Å². The normalized spacial score (nSPS) is 14.5. The molecular formula is C81H140O17P2. The first-order chi connectivity index (χ1) is 48.7. The second kappa shape index (κ2) is 73.0. The molecule has 5 unspecified atom stereocenters. The number of esters is 4. The summed E-state index contributed by atoms with van der Waals surface area (Å²) in [4.78, 5) is 72.9. The molecule has 0 aliphatic rings. The van der Waals surface area contributed by atoms with Crippen LogP contribution in [0.2, 0.25) is 0 Å². The van der Waals surface area contributed by atoms with E-state index in [2.05, 4.69) is 137 Å². The van der Waals surface area contributed by atoms with E-state index in [1.54, 1.807) is 0 Å². The first-order valence-electron chi connectivity index (χ1n) is 39.1. The Hall–Kier alpha value is -4.28. The molecule has 3 N–H and O–H groups in total. The SMILES string of the molecule is CC/C=C\C/C=C\C/C=C\C/C=C\CCCCCCCCC(=O)OCC(COP(=O)(O)OCC(O)COP(=O)(O)OCC(COC(=O)CCCC/C=C\C/C=C\C/C=C\C/C=C\CC)OC(=O)CCCCCCC/C=C\CCCC)OC(=O)CCCCCCCCCCCCCCCCC. The van der Waals surface area contributed by atoms with Crippen molar-refractivity contribution in [3.8, 4) is 0 Å². The summed E-state index contributed by atoms with van der Waals surface area (Å²) in [7, 11) is -9.96. The van der Waals surface area contributed by atoms with E-state index in [-0.39, 0.29) is 25.7 Å². The highest BCUT2D eigenvalue weighted by Crippen LogP contribution is 2.45. The zero-order valence-electron chi connectivity index (χ0n) is 62.8. The maximum atomic E-state index is 13.1. The second-order valence-corrected chi connectivity index (χ2v) is 28.8. The lowest BCUT2D eigenvalue weighted by Crippen LogP contribution is -2.30. The van der Waals surface area contributed by atoms with Crippen LogP contribution in [0.4, 0.5) is 0 Å². The summed E-state index contributed by atoms with van der Waals surface area (Å²) in [5.41, 5.74) is 0. The molecule has 5 atom stereocenters. The van der Waals surface area contributed by atoms with Crippen LogP contribution in [0.5, 0.6) is 0 Å². The van der Waals surface area contributed by atoms with Gasteiger partial charge in [-0.2, -0.15) is 0 Å². The van der Waals surface area contributed by atoms with E-state index in [9.17, 15) is 43.2 Å². The summed E-state index contributed by atoms with van der Waals surface area (Å²) >= 11 is 0. The number of aliphatic hydroxyl groups excluding tert-OH is 1. The highest BCUT2D eigenvalue weighted by Gasteiger charge is 2.30. The monoisotopic (exact) mass is 1450 g/mol.